The largest absolute Gasteiger partial charge is 0.488 e. The van der Waals surface area contributed by atoms with Crippen LogP contribution in [0.2, 0.25) is 0 Å². The molecule has 2 rings (SSSR count). The van der Waals surface area contributed by atoms with E-state index in [1.54, 1.807) is 0 Å². The normalized spacial score (nSPS) is 10.5. The average Bonchev–Trinajstić information content (AvgIpc) is 2.38. The molecule has 19 heavy (non-hydrogen) atoms. The van der Waals surface area contributed by atoms with Crippen LogP contribution in [0, 0.1) is 6.92 Å². The van der Waals surface area contributed by atoms with Gasteiger partial charge < -0.3 is 10.1 Å². The minimum absolute atomic E-state index is 0.584. The second kappa shape index (κ2) is 6.73. The Morgan fingerprint density at radius 2 is 1.95 bits per heavy atom. The first-order chi connectivity index (χ1) is 9.20. The first kappa shape index (κ1) is 14.1. The van der Waals surface area contributed by atoms with E-state index >= 15 is 0 Å². The third kappa shape index (κ3) is 3.82. The van der Waals surface area contributed by atoms with Gasteiger partial charge in [-0.1, -0.05) is 46.3 Å². The number of hydrogen-bond donors (Lipinski definition) is 1. The van der Waals surface area contributed by atoms with Crippen LogP contribution < -0.4 is 10.1 Å². The van der Waals surface area contributed by atoms with Crippen molar-refractivity contribution in [2.45, 2.75) is 20.1 Å². The third-order valence-corrected chi connectivity index (χ3v) is 3.43. The van der Waals surface area contributed by atoms with E-state index in [0.717, 1.165) is 22.3 Å². The van der Waals surface area contributed by atoms with Gasteiger partial charge in [-0.05, 0) is 37.2 Å². The molecule has 0 bridgehead atoms. The van der Waals surface area contributed by atoms with Gasteiger partial charge in [-0.25, -0.2) is 0 Å². The zero-order valence-corrected chi connectivity index (χ0v) is 12.8. The quantitative estimate of drug-likeness (QED) is 0.897. The lowest BCUT2D eigenvalue weighted by Crippen LogP contribution is -2.08. The number of ether oxygens (including phenoxy) is 1. The van der Waals surface area contributed by atoms with Crippen molar-refractivity contribution in [3.8, 4) is 5.75 Å². The molecule has 2 nitrogen and oxygen atoms in total. The van der Waals surface area contributed by atoms with Crippen LogP contribution in [-0.4, -0.2) is 7.05 Å². The highest BCUT2D eigenvalue weighted by molar-refractivity contribution is 9.10. The van der Waals surface area contributed by atoms with Crippen molar-refractivity contribution in [1.82, 2.24) is 5.32 Å². The fourth-order valence-electron chi connectivity index (χ4n) is 2.03. The smallest absolute Gasteiger partial charge is 0.127 e. The molecule has 0 fully saturated rings. The van der Waals surface area contributed by atoms with Crippen LogP contribution in [-0.2, 0) is 13.2 Å². The maximum Gasteiger partial charge on any atom is 0.127 e. The Balaban J connectivity index is 2.14. The molecule has 0 aliphatic rings. The van der Waals surface area contributed by atoms with E-state index in [1.165, 1.54) is 11.1 Å². The van der Waals surface area contributed by atoms with Gasteiger partial charge in [-0.2, -0.15) is 0 Å². The van der Waals surface area contributed by atoms with Gasteiger partial charge in [-0.3, -0.25) is 0 Å². The topological polar surface area (TPSA) is 21.3 Å². The number of para-hydroxylation sites is 1. The van der Waals surface area contributed by atoms with Crippen molar-refractivity contribution in [3.05, 3.63) is 63.6 Å². The fourth-order valence-corrected chi connectivity index (χ4v) is 2.48. The van der Waals surface area contributed by atoms with Gasteiger partial charge in [0.2, 0.25) is 0 Å². The number of halogens is 1. The van der Waals surface area contributed by atoms with Crippen molar-refractivity contribution < 1.29 is 4.74 Å². The highest BCUT2D eigenvalue weighted by Crippen LogP contribution is 2.24. The molecule has 0 saturated carbocycles. The molecule has 0 aliphatic heterocycles. The van der Waals surface area contributed by atoms with E-state index in [9.17, 15) is 0 Å². The molecule has 3 heteroatoms. The lowest BCUT2D eigenvalue weighted by molar-refractivity contribution is 0.300. The molecule has 0 amide bonds. The summed E-state index contributed by atoms with van der Waals surface area (Å²) in [4.78, 5) is 0. The molecule has 2 aromatic rings. The Kier molecular flexibility index (Phi) is 5.00. The van der Waals surface area contributed by atoms with E-state index < -0.39 is 0 Å². The van der Waals surface area contributed by atoms with Crippen LogP contribution in [0.4, 0.5) is 0 Å². The zero-order chi connectivity index (χ0) is 13.7. The van der Waals surface area contributed by atoms with Crippen molar-refractivity contribution in [1.29, 1.82) is 0 Å². The van der Waals surface area contributed by atoms with E-state index in [4.69, 9.17) is 4.74 Å². The second-order valence-corrected chi connectivity index (χ2v) is 5.43. The Morgan fingerprint density at radius 3 is 2.68 bits per heavy atom. The van der Waals surface area contributed by atoms with Gasteiger partial charge in [0.15, 0.2) is 0 Å². The Hall–Kier alpha value is -1.32. The van der Waals surface area contributed by atoms with Crippen LogP contribution in [0.25, 0.3) is 0 Å². The molecule has 1 N–H and O–H groups in total. The van der Waals surface area contributed by atoms with Gasteiger partial charge in [0.25, 0.3) is 0 Å². The van der Waals surface area contributed by atoms with E-state index in [1.807, 2.05) is 19.2 Å². The summed E-state index contributed by atoms with van der Waals surface area (Å²) in [6, 6.07) is 14.4. The van der Waals surface area contributed by atoms with Gasteiger partial charge in [0.1, 0.15) is 12.4 Å². The summed E-state index contributed by atoms with van der Waals surface area (Å²) in [5.74, 6) is 0.983. The predicted octanol–water partition coefficient (Wildman–Crippen LogP) is 4.06. The highest BCUT2D eigenvalue weighted by Gasteiger charge is 2.06. The van der Waals surface area contributed by atoms with Crippen molar-refractivity contribution in [2.75, 3.05) is 7.05 Å². The summed E-state index contributed by atoms with van der Waals surface area (Å²) < 4.78 is 7.08. The summed E-state index contributed by atoms with van der Waals surface area (Å²) in [6.07, 6.45) is 0. The van der Waals surface area contributed by atoms with E-state index in [-0.39, 0.29) is 0 Å². The molecule has 0 saturated heterocycles. The number of hydrogen-bond acceptors (Lipinski definition) is 2. The van der Waals surface area contributed by atoms with Gasteiger partial charge in [-0.15, -0.1) is 0 Å². The van der Waals surface area contributed by atoms with Crippen LogP contribution in [0.1, 0.15) is 16.7 Å². The minimum Gasteiger partial charge on any atom is -0.488 e. The molecule has 0 aromatic heterocycles. The molecule has 0 heterocycles. The number of aryl methyl sites for hydroxylation is 1. The Bertz CT molecular complexity index is 554. The van der Waals surface area contributed by atoms with Crippen molar-refractivity contribution in [2.24, 2.45) is 0 Å². The Labute approximate surface area is 122 Å². The minimum atomic E-state index is 0.584. The first-order valence-electron chi connectivity index (χ1n) is 6.31. The van der Waals surface area contributed by atoms with E-state index in [2.05, 4.69) is 58.5 Å². The number of rotatable bonds is 5. The van der Waals surface area contributed by atoms with Gasteiger partial charge in [0, 0.05) is 16.6 Å². The molecule has 2 aromatic carbocycles. The van der Waals surface area contributed by atoms with Crippen LogP contribution >= 0.6 is 15.9 Å². The summed E-state index contributed by atoms with van der Waals surface area (Å²) in [5.41, 5.74) is 3.52. The zero-order valence-electron chi connectivity index (χ0n) is 11.2. The Morgan fingerprint density at radius 1 is 1.16 bits per heavy atom. The highest BCUT2D eigenvalue weighted by atomic mass is 79.9. The molecule has 100 valence electrons. The van der Waals surface area contributed by atoms with Gasteiger partial charge >= 0.3 is 0 Å². The van der Waals surface area contributed by atoms with Crippen LogP contribution in [0.3, 0.4) is 0 Å². The molecule has 0 aliphatic carbocycles. The molecular weight excluding hydrogens is 302 g/mol. The monoisotopic (exact) mass is 319 g/mol. The molecule has 0 radical (unpaired) electrons. The maximum absolute atomic E-state index is 6.00. The lowest BCUT2D eigenvalue weighted by Gasteiger charge is -2.14. The van der Waals surface area contributed by atoms with Crippen LogP contribution in [0.15, 0.2) is 46.9 Å². The SMILES string of the molecule is CNCc1cccc(C)c1OCc1cccc(Br)c1. The molecule has 0 atom stereocenters. The summed E-state index contributed by atoms with van der Waals surface area (Å²) in [7, 11) is 1.94. The molecule has 0 spiro atoms. The first-order valence-corrected chi connectivity index (χ1v) is 7.10. The molecular formula is C16H18BrNO. The van der Waals surface area contributed by atoms with Crippen molar-refractivity contribution in [3.63, 3.8) is 0 Å². The third-order valence-electron chi connectivity index (χ3n) is 2.93. The summed E-state index contributed by atoms with van der Waals surface area (Å²) >= 11 is 3.48. The fraction of sp³-hybridized carbons (Fsp3) is 0.250. The van der Waals surface area contributed by atoms with Crippen molar-refractivity contribution >= 4 is 15.9 Å². The van der Waals surface area contributed by atoms with Gasteiger partial charge in [0.05, 0.1) is 0 Å². The number of benzene rings is 2. The van der Waals surface area contributed by atoms with E-state index in [0.29, 0.717) is 6.61 Å². The average molecular weight is 320 g/mol. The number of nitrogens with one attached hydrogen (secondary N) is 1. The second-order valence-electron chi connectivity index (χ2n) is 4.51. The predicted molar refractivity (Wildman–Crippen MR) is 82.4 cm³/mol. The summed E-state index contributed by atoms with van der Waals surface area (Å²) in [5, 5.41) is 3.17. The standard InChI is InChI=1S/C16H18BrNO/c1-12-5-3-7-14(10-18-2)16(12)19-11-13-6-4-8-15(17)9-13/h3-9,18H,10-11H2,1-2H3. The molecule has 0 unspecified atom stereocenters. The maximum atomic E-state index is 6.00. The van der Waals surface area contributed by atoms with Crippen LogP contribution in [0.5, 0.6) is 5.75 Å². The lowest BCUT2D eigenvalue weighted by atomic mass is 10.1. The summed E-state index contributed by atoms with van der Waals surface area (Å²) in [6.45, 7) is 3.48.